The van der Waals surface area contributed by atoms with Crippen molar-refractivity contribution in [2.45, 2.75) is 11.0 Å². The summed E-state index contributed by atoms with van der Waals surface area (Å²) in [6.07, 6.45) is 2.79. The summed E-state index contributed by atoms with van der Waals surface area (Å²) >= 11 is 3.30. The zero-order valence-electron chi connectivity index (χ0n) is 9.41. The first kappa shape index (κ1) is 13.0. The van der Waals surface area contributed by atoms with Crippen LogP contribution in [0.25, 0.3) is 0 Å². The topological polar surface area (TPSA) is 64.4 Å². The molecule has 0 bridgehead atoms. The molecule has 0 saturated carbocycles. The van der Waals surface area contributed by atoms with Crippen molar-refractivity contribution in [3.05, 3.63) is 12.4 Å². The van der Waals surface area contributed by atoms with E-state index in [2.05, 4.69) is 21.0 Å². The largest absolute Gasteiger partial charge is 0.375 e. The first-order valence-corrected chi connectivity index (χ1v) is 7.76. The Morgan fingerprint density at radius 1 is 1.65 bits per heavy atom. The van der Waals surface area contributed by atoms with Crippen molar-refractivity contribution in [1.82, 2.24) is 14.1 Å². The lowest BCUT2D eigenvalue weighted by Gasteiger charge is -2.30. The van der Waals surface area contributed by atoms with Gasteiger partial charge in [0.1, 0.15) is 4.90 Å². The van der Waals surface area contributed by atoms with Crippen molar-refractivity contribution in [2.24, 2.45) is 7.05 Å². The van der Waals surface area contributed by atoms with Gasteiger partial charge >= 0.3 is 0 Å². The molecule has 6 nitrogen and oxygen atoms in total. The van der Waals surface area contributed by atoms with Crippen LogP contribution in [0.1, 0.15) is 0 Å². The number of halogens is 1. The first-order chi connectivity index (χ1) is 8.04. The molecular formula is C9H14BrN3O3S. The minimum Gasteiger partial charge on any atom is -0.375 e. The molecule has 1 aromatic heterocycles. The van der Waals surface area contributed by atoms with Crippen molar-refractivity contribution in [3.63, 3.8) is 0 Å². The number of sulfonamides is 1. The number of hydrogen-bond donors (Lipinski definition) is 0. The summed E-state index contributed by atoms with van der Waals surface area (Å²) in [6, 6.07) is 0. The quantitative estimate of drug-likeness (QED) is 0.746. The molecule has 1 aliphatic heterocycles. The van der Waals surface area contributed by atoms with E-state index >= 15 is 0 Å². The molecule has 1 aromatic rings. The van der Waals surface area contributed by atoms with E-state index in [1.807, 2.05) is 0 Å². The number of nitrogens with zero attached hydrogens (tertiary/aromatic N) is 3. The second-order valence-corrected chi connectivity index (χ2v) is 6.45. The molecule has 17 heavy (non-hydrogen) atoms. The van der Waals surface area contributed by atoms with Crippen molar-refractivity contribution >= 4 is 26.0 Å². The molecule has 1 atom stereocenters. The van der Waals surface area contributed by atoms with Gasteiger partial charge in [-0.25, -0.2) is 8.42 Å². The molecule has 0 N–H and O–H groups in total. The number of morpholine rings is 1. The van der Waals surface area contributed by atoms with Crippen LogP contribution < -0.4 is 0 Å². The minimum atomic E-state index is -3.44. The number of alkyl halides is 1. The van der Waals surface area contributed by atoms with Gasteiger partial charge in [-0.15, -0.1) is 0 Å². The van der Waals surface area contributed by atoms with Crippen LogP contribution in [0.15, 0.2) is 17.3 Å². The Balaban J connectivity index is 2.21. The molecule has 1 saturated heterocycles. The first-order valence-electron chi connectivity index (χ1n) is 5.20. The summed E-state index contributed by atoms with van der Waals surface area (Å²) in [5.74, 6) is 0. The zero-order valence-corrected chi connectivity index (χ0v) is 11.8. The SMILES string of the molecule is Cn1cc(S(=O)(=O)N2CCOC(CBr)C2)cn1. The van der Waals surface area contributed by atoms with Crippen LogP contribution in [0.5, 0.6) is 0 Å². The number of aryl methyl sites for hydroxylation is 1. The van der Waals surface area contributed by atoms with Gasteiger partial charge in [0.25, 0.3) is 0 Å². The maximum absolute atomic E-state index is 12.3. The highest BCUT2D eigenvalue weighted by molar-refractivity contribution is 9.09. The Bertz CT molecular complexity index is 487. The predicted molar refractivity (Wildman–Crippen MR) is 65.5 cm³/mol. The summed E-state index contributed by atoms with van der Waals surface area (Å²) in [5, 5.41) is 4.52. The van der Waals surface area contributed by atoms with Gasteiger partial charge < -0.3 is 4.74 Å². The van der Waals surface area contributed by atoms with E-state index in [4.69, 9.17) is 4.74 Å². The van der Waals surface area contributed by atoms with E-state index in [0.717, 1.165) is 0 Å². The number of hydrogen-bond acceptors (Lipinski definition) is 4. The van der Waals surface area contributed by atoms with Crippen molar-refractivity contribution in [3.8, 4) is 0 Å². The molecule has 8 heteroatoms. The van der Waals surface area contributed by atoms with Crippen LogP contribution in [0, 0.1) is 0 Å². The van der Waals surface area contributed by atoms with Gasteiger partial charge in [-0.05, 0) is 0 Å². The Hall–Kier alpha value is -0.440. The fraction of sp³-hybridized carbons (Fsp3) is 0.667. The van der Waals surface area contributed by atoms with Crippen LogP contribution in [-0.4, -0.2) is 53.6 Å². The van der Waals surface area contributed by atoms with Crippen molar-refractivity contribution in [2.75, 3.05) is 25.0 Å². The van der Waals surface area contributed by atoms with Crippen LogP contribution in [-0.2, 0) is 21.8 Å². The molecule has 1 unspecified atom stereocenters. The third kappa shape index (κ3) is 2.70. The molecule has 1 fully saturated rings. The molecule has 1 aliphatic rings. The Morgan fingerprint density at radius 2 is 2.41 bits per heavy atom. The van der Waals surface area contributed by atoms with Crippen molar-refractivity contribution in [1.29, 1.82) is 0 Å². The second kappa shape index (κ2) is 5.05. The van der Waals surface area contributed by atoms with Gasteiger partial charge in [0.05, 0.1) is 18.9 Å². The lowest BCUT2D eigenvalue weighted by molar-refractivity contribution is 0.0136. The van der Waals surface area contributed by atoms with Gasteiger partial charge in [-0.2, -0.15) is 9.40 Å². The highest BCUT2D eigenvalue weighted by Crippen LogP contribution is 2.18. The number of rotatable bonds is 3. The molecule has 0 spiro atoms. The van der Waals surface area contributed by atoms with Crippen LogP contribution in [0.4, 0.5) is 0 Å². The third-order valence-corrected chi connectivity index (χ3v) is 5.13. The van der Waals surface area contributed by atoms with E-state index in [-0.39, 0.29) is 11.0 Å². The summed E-state index contributed by atoms with van der Waals surface area (Å²) in [4.78, 5) is 0.232. The Kier molecular flexibility index (Phi) is 3.86. The summed E-state index contributed by atoms with van der Waals surface area (Å²) in [7, 11) is -1.74. The van der Waals surface area contributed by atoms with Crippen LogP contribution in [0.3, 0.4) is 0 Å². The average molecular weight is 324 g/mol. The zero-order chi connectivity index (χ0) is 12.5. The van der Waals surface area contributed by atoms with E-state index in [0.29, 0.717) is 25.0 Å². The molecule has 0 amide bonds. The molecule has 96 valence electrons. The lowest BCUT2D eigenvalue weighted by Crippen LogP contribution is -2.46. The highest BCUT2D eigenvalue weighted by atomic mass is 79.9. The van der Waals surface area contributed by atoms with Gasteiger partial charge in [0, 0.05) is 31.7 Å². The maximum Gasteiger partial charge on any atom is 0.246 e. The standard InChI is InChI=1S/C9H14BrN3O3S/c1-12-7-9(5-11-12)17(14,15)13-2-3-16-8(4-10)6-13/h5,7-8H,2-4,6H2,1H3. The fourth-order valence-electron chi connectivity index (χ4n) is 1.69. The summed E-state index contributed by atoms with van der Waals surface area (Å²) in [6.45, 7) is 1.19. The maximum atomic E-state index is 12.3. The molecule has 0 aliphatic carbocycles. The molecule has 0 aromatic carbocycles. The second-order valence-electron chi connectivity index (χ2n) is 3.86. The molecular weight excluding hydrogens is 310 g/mol. The molecule has 0 radical (unpaired) electrons. The normalized spacial score (nSPS) is 22.8. The van der Waals surface area contributed by atoms with E-state index in [1.54, 1.807) is 7.05 Å². The van der Waals surface area contributed by atoms with Crippen LogP contribution >= 0.6 is 15.9 Å². The average Bonchev–Trinajstić information content (AvgIpc) is 2.76. The van der Waals surface area contributed by atoms with Gasteiger partial charge in [0.15, 0.2) is 0 Å². The van der Waals surface area contributed by atoms with E-state index in [9.17, 15) is 8.42 Å². The summed E-state index contributed by atoms with van der Waals surface area (Å²) in [5.41, 5.74) is 0. The Morgan fingerprint density at radius 3 is 3.00 bits per heavy atom. The van der Waals surface area contributed by atoms with Gasteiger partial charge in [0.2, 0.25) is 10.0 Å². The van der Waals surface area contributed by atoms with Gasteiger partial charge in [-0.1, -0.05) is 15.9 Å². The fourth-order valence-corrected chi connectivity index (χ4v) is 3.52. The third-order valence-electron chi connectivity index (χ3n) is 2.59. The van der Waals surface area contributed by atoms with Gasteiger partial charge in [-0.3, -0.25) is 4.68 Å². The summed E-state index contributed by atoms with van der Waals surface area (Å²) < 4.78 is 32.9. The Labute approximate surface area is 109 Å². The van der Waals surface area contributed by atoms with E-state index < -0.39 is 10.0 Å². The minimum absolute atomic E-state index is 0.0878. The highest BCUT2D eigenvalue weighted by Gasteiger charge is 2.31. The molecule has 2 heterocycles. The monoisotopic (exact) mass is 323 g/mol. The molecule has 2 rings (SSSR count). The smallest absolute Gasteiger partial charge is 0.246 e. The van der Waals surface area contributed by atoms with E-state index in [1.165, 1.54) is 21.4 Å². The van der Waals surface area contributed by atoms with Crippen molar-refractivity contribution < 1.29 is 13.2 Å². The van der Waals surface area contributed by atoms with Crippen LogP contribution in [0.2, 0.25) is 0 Å². The number of aromatic nitrogens is 2. The number of ether oxygens (including phenoxy) is 1. The predicted octanol–water partition coefficient (Wildman–Crippen LogP) is 0.204. The lowest BCUT2D eigenvalue weighted by atomic mass is 10.3.